The second kappa shape index (κ2) is 5.40. The Morgan fingerprint density at radius 2 is 2.15 bits per heavy atom. The predicted octanol–water partition coefficient (Wildman–Crippen LogP) is 0.965. The quantitative estimate of drug-likeness (QED) is 0.804. The van der Waals surface area contributed by atoms with E-state index in [0.717, 1.165) is 25.7 Å². The molecule has 3 rings (SSSR count). The first-order valence-electron chi connectivity index (χ1n) is 6.79. The highest BCUT2D eigenvalue weighted by Crippen LogP contribution is 2.26. The third kappa shape index (κ3) is 2.54. The van der Waals surface area contributed by atoms with Crippen LogP contribution in [0, 0.1) is 5.92 Å². The zero-order chi connectivity index (χ0) is 13.9. The summed E-state index contributed by atoms with van der Waals surface area (Å²) in [5.41, 5.74) is 0.561. The Morgan fingerprint density at radius 3 is 3.00 bits per heavy atom. The lowest BCUT2D eigenvalue weighted by Gasteiger charge is -2.23. The van der Waals surface area contributed by atoms with Crippen molar-refractivity contribution in [1.82, 2.24) is 25.3 Å². The Bertz CT molecular complexity index is 613. The molecule has 0 saturated heterocycles. The first kappa shape index (κ1) is 12.8. The van der Waals surface area contributed by atoms with Gasteiger partial charge >= 0.3 is 5.97 Å². The van der Waals surface area contributed by atoms with Crippen molar-refractivity contribution in [2.24, 2.45) is 5.92 Å². The number of nitrogens with zero attached hydrogens (tertiary/aromatic N) is 5. The molecule has 8 heteroatoms. The van der Waals surface area contributed by atoms with E-state index in [1.807, 2.05) is 0 Å². The average Bonchev–Trinajstić information content (AvgIpc) is 2.76. The molecular formula is C12H16N6O2. The van der Waals surface area contributed by atoms with Gasteiger partial charge in [0.15, 0.2) is 5.65 Å². The number of aromatic nitrogens is 5. The molecule has 0 spiro atoms. The van der Waals surface area contributed by atoms with Gasteiger partial charge in [0, 0.05) is 6.04 Å². The molecule has 2 aromatic heterocycles. The topological polar surface area (TPSA) is 105 Å². The van der Waals surface area contributed by atoms with Crippen LogP contribution in [0.4, 0.5) is 5.82 Å². The standard InChI is InChI=1S/C12H16N6O2/c19-12(20)8-4-2-1-3-5-9(8)13-10-6-7-11-14-16-17-18(11)15-10/h6-9H,1-5H2,(H,13,15)(H,19,20). The Kier molecular flexibility index (Phi) is 3.44. The lowest BCUT2D eigenvalue weighted by molar-refractivity contribution is -0.142. The van der Waals surface area contributed by atoms with E-state index in [1.54, 1.807) is 12.1 Å². The van der Waals surface area contributed by atoms with E-state index in [-0.39, 0.29) is 12.0 Å². The van der Waals surface area contributed by atoms with E-state index in [9.17, 15) is 9.90 Å². The summed E-state index contributed by atoms with van der Waals surface area (Å²) in [6.45, 7) is 0. The normalized spacial score (nSPS) is 23.4. The van der Waals surface area contributed by atoms with Crippen LogP contribution in [0.15, 0.2) is 12.1 Å². The number of carboxylic acid groups (broad SMARTS) is 1. The van der Waals surface area contributed by atoms with E-state index in [2.05, 4.69) is 25.9 Å². The second-order valence-electron chi connectivity index (χ2n) is 5.08. The highest BCUT2D eigenvalue weighted by atomic mass is 16.4. The van der Waals surface area contributed by atoms with Gasteiger partial charge in [0.2, 0.25) is 0 Å². The number of rotatable bonds is 3. The van der Waals surface area contributed by atoms with Gasteiger partial charge in [-0.05, 0) is 35.4 Å². The van der Waals surface area contributed by atoms with Crippen molar-refractivity contribution in [2.75, 3.05) is 5.32 Å². The van der Waals surface area contributed by atoms with Gasteiger partial charge in [0.05, 0.1) is 5.92 Å². The van der Waals surface area contributed by atoms with E-state index in [1.165, 1.54) is 4.63 Å². The number of carbonyl (C=O) groups is 1. The van der Waals surface area contributed by atoms with Crippen LogP contribution in [0.2, 0.25) is 0 Å². The minimum absolute atomic E-state index is 0.101. The van der Waals surface area contributed by atoms with Crippen molar-refractivity contribution in [3.63, 3.8) is 0 Å². The number of hydrogen-bond donors (Lipinski definition) is 2. The van der Waals surface area contributed by atoms with Crippen LogP contribution in [0.3, 0.4) is 0 Å². The van der Waals surface area contributed by atoms with Crippen molar-refractivity contribution < 1.29 is 9.90 Å². The van der Waals surface area contributed by atoms with E-state index < -0.39 is 5.97 Å². The SMILES string of the molecule is O=C(O)C1CCCCCC1Nc1ccc2nnnn2n1. The first-order valence-corrected chi connectivity index (χ1v) is 6.79. The van der Waals surface area contributed by atoms with Crippen LogP contribution in [-0.4, -0.2) is 42.4 Å². The van der Waals surface area contributed by atoms with E-state index >= 15 is 0 Å². The van der Waals surface area contributed by atoms with Crippen molar-refractivity contribution >= 4 is 17.4 Å². The average molecular weight is 276 g/mol. The van der Waals surface area contributed by atoms with Crippen LogP contribution in [0.1, 0.15) is 32.1 Å². The zero-order valence-electron chi connectivity index (χ0n) is 10.9. The van der Waals surface area contributed by atoms with Crippen molar-refractivity contribution in [3.8, 4) is 0 Å². The zero-order valence-corrected chi connectivity index (χ0v) is 10.9. The summed E-state index contributed by atoms with van der Waals surface area (Å²) in [7, 11) is 0. The van der Waals surface area contributed by atoms with Crippen molar-refractivity contribution in [2.45, 2.75) is 38.1 Å². The molecule has 0 aromatic carbocycles. The molecule has 2 N–H and O–H groups in total. The van der Waals surface area contributed by atoms with Crippen LogP contribution >= 0.6 is 0 Å². The molecule has 0 amide bonds. The number of hydrogen-bond acceptors (Lipinski definition) is 6. The van der Waals surface area contributed by atoms with Crippen molar-refractivity contribution in [3.05, 3.63) is 12.1 Å². The van der Waals surface area contributed by atoms with Gasteiger partial charge in [-0.2, -0.15) is 0 Å². The van der Waals surface area contributed by atoms with Gasteiger partial charge in [0.1, 0.15) is 5.82 Å². The summed E-state index contributed by atoms with van der Waals surface area (Å²) in [5, 5.41) is 27.8. The summed E-state index contributed by atoms with van der Waals surface area (Å²) in [6, 6.07) is 3.42. The fourth-order valence-corrected chi connectivity index (χ4v) is 2.69. The smallest absolute Gasteiger partial charge is 0.308 e. The van der Waals surface area contributed by atoms with Gasteiger partial charge < -0.3 is 10.4 Å². The maximum Gasteiger partial charge on any atom is 0.308 e. The van der Waals surface area contributed by atoms with Crippen LogP contribution in [0.5, 0.6) is 0 Å². The highest BCUT2D eigenvalue weighted by Gasteiger charge is 2.29. The molecule has 2 unspecified atom stereocenters. The summed E-state index contributed by atoms with van der Waals surface area (Å²) in [4.78, 5) is 11.4. The van der Waals surface area contributed by atoms with Gasteiger partial charge in [-0.1, -0.05) is 19.3 Å². The molecule has 1 aliphatic rings. The predicted molar refractivity (Wildman–Crippen MR) is 70.2 cm³/mol. The molecule has 106 valence electrons. The molecule has 2 atom stereocenters. The molecule has 2 aromatic rings. The molecule has 0 bridgehead atoms. The molecule has 20 heavy (non-hydrogen) atoms. The third-order valence-electron chi connectivity index (χ3n) is 3.74. The Balaban J connectivity index is 1.81. The molecule has 1 fully saturated rings. The molecule has 0 aliphatic heterocycles. The van der Waals surface area contributed by atoms with Crippen LogP contribution in [0.25, 0.3) is 5.65 Å². The van der Waals surface area contributed by atoms with E-state index in [4.69, 9.17) is 0 Å². The van der Waals surface area contributed by atoms with Gasteiger partial charge in [-0.3, -0.25) is 4.79 Å². The number of nitrogens with one attached hydrogen (secondary N) is 1. The van der Waals surface area contributed by atoms with Gasteiger partial charge in [0.25, 0.3) is 0 Å². The summed E-state index contributed by atoms with van der Waals surface area (Å²) >= 11 is 0. The number of anilines is 1. The second-order valence-corrected chi connectivity index (χ2v) is 5.08. The molecule has 0 radical (unpaired) electrons. The third-order valence-corrected chi connectivity index (χ3v) is 3.74. The number of carboxylic acids is 1. The molecule has 1 aliphatic carbocycles. The lowest BCUT2D eigenvalue weighted by Crippen LogP contribution is -2.34. The fourth-order valence-electron chi connectivity index (χ4n) is 2.69. The first-order chi connectivity index (χ1) is 9.74. The molecule has 1 saturated carbocycles. The lowest BCUT2D eigenvalue weighted by atomic mass is 9.95. The molecule has 8 nitrogen and oxygen atoms in total. The minimum atomic E-state index is -0.743. The Hall–Kier alpha value is -2.25. The number of aliphatic carboxylic acids is 1. The Labute approximate surface area is 115 Å². The number of fused-ring (bicyclic) bond motifs is 1. The molecule has 2 heterocycles. The van der Waals surface area contributed by atoms with Gasteiger partial charge in [-0.25, -0.2) is 0 Å². The highest BCUT2D eigenvalue weighted by molar-refractivity contribution is 5.71. The number of tetrazole rings is 1. The summed E-state index contributed by atoms with van der Waals surface area (Å²) in [5.74, 6) is -0.514. The van der Waals surface area contributed by atoms with Crippen LogP contribution in [-0.2, 0) is 4.79 Å². The van der Waals surface area contributed by atoms with E-state index in [0.29, 0.717) is 17.9 Å². The summed E-state index contributed by atoms with van der Waals surface area (Å²) < 4.78 is 1.33. The fraction of sp³-hybridized carbons (Fsp3) is 0.583. The maximum absolute atomic E-state index is 11.4. The largest absolute Gasteiger partial charge is 0.481 e. The van der Waals surface area contributed by atoms with Crippen molar-refractivity contribution in [1.29, 1.82) is 0 Å². The Morgan fingerprint density at radius 1 is 1.30 bits per heavy atom. The summed E-state index contributed by atoms with van der Waals surface area (Å²) in [6.07, 6.45) is 4.64. The maximum atomic E-state index is 11.4. The van der Waals surface area contributed by atoms with Gasteiger partial charge in [-0.15, -0.1) is 14.8 Å². The minimum Gasteiger partial charge on any atom is -0.481 e. The molecular weight excluding hydrogens is 260 g/mol. The van der Waals surface area contributed by atoms with Crippen LogP contribution < -0.4 is 5.32 Å². The monoisotopic (exact) mass is 276 g/mol.